The van der Waals surface area contributed by atoms with Crippen molar-refractivity contribution in [1.29, 1.82) is 0 Å². The SMILES string of the molecule is CCC1CCCC(N(CC2CCCN2)C(C)C)CC1. The molecule has 2 fully saturated rings. The van der Waals surface area contributed by atoms with Crippen LogP contribution in [0.5, 0.6) is 0 Å². The van der Waals surface area contributed by atoms with Gasteiger partial charge in [0.15, 0.2) is 0 Å². The molecule has 1 heterocycles. The maximum absolute atomic E-state index is 3.67. The van der Waals surface area contributed by atoms with Gasteiger partial charge in [-0.1, -0.05) is 26.2 Å². The van der Waals surface area contributed by atoms with Gasteiger partial charge in [0.1, 0.15) is 0 Å². The first-order valence-corrected chi connectivity index (χ1v) is 8.69. The Kier molecular flexibility index (Phi) is 6.15. The summed E-state index contributed by atoms with van der Waals surface area (Å²) in [5.74, 6) is 1.00. The predicted molar refractivity (Wildman–Crippen MR) is 83.5 cm³/mol. The van der Waals surface area contributed by atoms with Crippen LogP contribution in [0.2, 0.25) is 0 Å². The van der Waals surface area contributed by atoms with Crippen molar-refractivity contribution >= 4 is 0 Å². The highest BCUT2D eigenvalue weighted by atomic mass is 15.2. The molecule has 2 rings (SSSR count). The Morgan fingerprint density at radius 3 is 2.53 bits per heavy atom. The summed E-state index contributed by atoms with van der Waals surface area (Å²) in [6.07, 6.45) is 11.4. The van der Waals surface area contributed by atoms with Crippen LogP contribution in [0, 0.1) is 5.92 Å². The van der Waals surface area contributed by atoms with Gasteiger partial charge in [0, 0.05) is 24.7 Å². The molecule has 3 atom stereocenters. The van der Waals surface area contributed by atoms with E-state index in [0.29, 0.717) is 6.04 Å². The van der Waals surface area contributed by atoms with E-state index in [4.69, 9.17) is 0 Å². The lowest BCUT2D eigenvalue weighted by molar-refractivity contribution is 0.125. The van der Waals surface area contributed by atoms with Crippen molar-refractivity contribution in [2.75, 3.05) is 13.1 Å². The lowest BCUT2D eigenvalue weighted by Crippen LogP contribution is -2.46. The average Bonchev–Trinajstić information content (AvgIpc) is 2.79. The monoisotopic (exact) mass is 266 g/mol. The summed E-state index contributed by atoms with van der Waals surface area (Å²) in [7, 11) is 0. The normalized spacial score (nSPS) is 33.0. The summed E-state index contributed by atoms with van der Waals surface area (Å²) in [6.45, 7) is 9.65. The fourth-order valence-corrected chi connectivity index (χ4v) is 4.05. The molecule has 2 nitrogen and oxygen atoms in total. The molecule has 0 aromatic rings. The van der Waals surface area contributed by atoms with Crippen molar-refractivity contribution in [3.63, 3.8) is 0 Å². The molecule has 0 radical (unpaired) electrons. The third-order valence-corrected chi connectivity index (χ3v) is 5.36. The van der Waals surface area contributed by atoms with Crippen LogP contribution in [0.25, 0.3) is 0 Å². The van der Waals surface area contributed by atoms with E-state index in [2.05, 4.69) is 31.0 Å². The number of hydrogen-bond donors (Lipinski definition) is 1. The van der Waals surface area contributed by atoms with Crippen molar-refractivity contribution in [2.24, 2.45) is 5.92 Å². The Balaban J connectivity index is 1.89. The van der Waals surface area contributed by atoms with Crippen LogP contribution >= 0.6 is 0 Å². The van der Waals surface area contributed by atoms with E-state index < -0.39 is 0 Å². The van der Waals surface area contributed by atoms with E-state index in [1.165, 1.54) is 64.5 Å². The number of nitrogens with one attached hydrogen (secondary N) is 1. The second kappa shape index (κ2) is 7.64. The molecule has 1 aliphatic heterocycles. The maximum atomic E-state index is 3.67. The molecule has 2 heteroatoms. The summed E-state index contributed by atoms with van der Waals surface area (Å²) in [5, 5.41) is 3.67. The van der Waals surface area contributed by atoms with Crippen LogP contribution in [0.3, 0.4) is 0 Å². The second-order valence-electron chi connectivity index (χ2n) is 7.02. The zero-order valence-corrected chi connectivity index (χ0v) is 13.3. The Morgan fingerprint density at radius 1 is 1.05 bits per heavy atom. The van der Waals surface area contributed by atoms with Gasteiger partial charge < -0.3 is 5.32 Å². The highest BCUT2D eigenvalue weighted by Crippen LogP contribution is 2.29. The van der Waals surface area contributed by atoms with Gasteiger partial charge in [-0.3, -0.25) is 4.90 Å². The fourth-order valence-electron chi connectivity index (χ4n) is 4.05. The molecule has 1 aliphatic carbocycles. The fraction of sp³-hybridized carbons (Fsp3) is 1.00. The quantitative estimate of drug-likeness (QED) is 0.761. The molecule has 19 heavy (non-hydrogen) atoms. The molecule has 112 valence electrons. The summed E-state index contributed by atoms with van der Waals surface area (Å²) >= 11 is 0. The van der Waals surface area contributed by atoms with Crippen molar-refractivity contribution in [1.82, 2.24) is 10.2 Å². The topological polar surface area (TPSA) is 15.3 Å². The first-order chi connectivity index (χ1) is 9.20. The Bertz CT molecular complexity index is 246. The first-order valence-electron chi connectivity index (χ1n) is 8.69. The van der Waals surface area contributed by atoms with Gasteiger partial charge >= 0.3 is 0 Å². The smallest absolute Gasteiger partial charge is 0.0195 e. The molecular formula is C17H34N2. The molecule has 1 N–H and O–H groups in total. The maximum Gasteiger partial charge on any atom is 0.0195 e. The van der Waals surface area contributed by atoms with E-state index in [1.807, 2.05) is 0 Å². The van der Waals surface area contributed by atoms with Gasteiger partial charge in [0.05, 0.1) is 0 Å². The predicted octanol–water partition coefficient (Wildman–Crippen LogP) is 3.81. The molecule has 0 spiro atoms. The van der Waals surface area contributed by atoms with Gasteiger partial charge in [-0.25, -0.2) is 0 Å². The molecule has 0 aromatic heterocycles. The van der Waals surface area contributed by atoms with Gasteiger partial charge in [-0.05, 0) is 58.4 Å². The molecule has 1 saturated carbocycles. The molecular weight excluding hydrogens is 232 g/mol. The van der Waals surface area contributed by atoms with E-state index in [9.17, 15) is 0 Å². The molecule has 1 saturated heterocycles. The van der Waals surface area contributed by atoms with Crippen LogP contribution in [-0.4, -0.2) is 36.1 Å². The van der Waals surface area contributed by atoms with Gasteiger partial charge in [-0.2, -0.15) is 0 Å². The molecule has 0 aromatic carbocycles. The van der Waals surface area contributed by atoms with Crippen LogP contribution in [0.1, 0.15) is 72.1 Å². The zero-order chi connectivity index (χ0) is 13.7. The van der Waals surface area contributed by atoms with Crippen LogP contribution in [0.15, 0.2) is 0 Å². The largest absolute Gasteiger partial charge is 0.313 e. The van der Waals surface area contributed by atoms with Gasteiger partial charge in [0.2, 0.25) is 0 Å². The van der Waals surface area contributed by atoms with Crippen molar-refractivity contribution in [3.05, 3.63) is 0 Å². The second-order valence-corrected chi connectivity index (χ2v) is 7.02. The summed E-state index contributed by atoms with van der Waals surface area (Å²) in [6, 6.07) is 2.30. The zero-order valence-electron chi connectivity index (χ0n) is 13.3. The van der Waals surface area contributed by atoms with Gasteiger partial charge in [-0.15, -0.1) is 0 Å². The summed E-state index contributed by atoms with van der Waals surface area (Å²) < 4.78 is 0. The number of nitrogens with zero attached hydrogens (tertiary/aromatic N) is 1. The summed E-state index contributed by atoms with van der Waals surface area (Å²) in [5.41, 5.74) is 0. The molecule has 0 amide bonds. The Hall–Kier alpha value is -0.0800. The third-order valence-electron chi connectivity index (χ3n) is 5.36. The standard InChI is InChI=1S/C17H34N2/c1-4-15-7-5-9-17(11-10-15)19(14(2)3)13-16-8-6-12-18-16/h14-18H,4-13H2,1-3H3. The number of hydrogen-bond acceptors (Lipinski definition) is 2. The molecule has 0 bridgehead atoms. The van der Waals surface area contributed by atoms with E-state index in [1.54, 1.807) is 0 Å². The lowest BCUT2D eigenvalue weighted by atomic mass is 9.97. The average molecular weight is 266 g/mol. The van der Waals surface area contributed by atoms with Crippen molar-refractivity contribution in [3.8, 4) is 0 Å². The van der Waals surface area contributed by atoms with Crippen LogP contribution in [-0.2, 0) is 0 Å². The van der Waals surface area contributed by atoms with E-state index >= 15 is 0 Å². The number of rotatable bonds is 5. The van der Waals surface area contributed by atoms with E-state index in [-0.39, 0.29) is 0 Å². The Morgan fingerprint density at radius 2 is 1.89 bits per heavy atom. The van der Waals surface area contributed by atoms with Gasteiger partial charge in [0.25, 0.3) is 0 Å². The summed E-state index contributed by atoms with van der Waals surface area (Å²) in [4.78, 5) is 2.81. The van der Waals surface area contributed by atoms with E-state index in [0.717, 1.165) is 18.0 Å². The minimum atomic E-state index is 0.700. The van der Waals surface area contributed by atoms with Crippen molar-refractivity contribution < 1.29 is 0 Å². The minimum absolute atomic E-state index is 0.700. The first kappa shape index (κ1) is 15.3. The molecule has 2 aliphatic rings. The van der Waals surface area contributed by atoms with Crippen LogP contribution < -0.4 is 5.32 Å². The lowest BCUT2D eigenvalue weighted by Gasteiger charge is -2.36. The molecule has 3 unspecified atom stereocenters. The van der Waals surface area contributed by atoms with Crippen molar-refractivity contribution in [2.45, 2.75) is 90.3 Å². The highest BCUT2D eigenvalue weighted by Gasteiger charge is 2.27. The van der Waals surface area contributed by atoms with Crippen LogP contribution in [0.4, 0.5) is 0 Å². The Labute approximate surface area is 120 Å². The third kappa shape index (κ3) is 4.46. The highest BCUT2D eigenvalue weighted by molar-refractivity contribution is 4.85. The minimum Gasteiger partial charge on any atom is -0.313 e.